The topological polar surface area (TPSA) is 66.8 Å². The van der Waals surface area contributed by atoms with Crippen LogP contribution in [0.15, 0.2) is 23.1 Å². The van der Waals surface area contributed by atoms with Gasteiger partial charge in [-0.2, -0.15) is 16.1 Å². The van der Waals surface area contributed by atoms with Crippen LogP contribution in [0.25, 0.3) is 0 Å². The Bertz CT molecular complexity index is 560. The van der Waals surface area contributed by atoms with Crippen molar-refractivity contribution < 1.29 is 18.3 Å². The normalized spacial score (nSPS) is 13.4. The predicted octanol–water partition coefficient (Wildman–Crippen LogP) is 1.95. The summed E-state index contributed by atoms with van der Waals surface area (Å²) in [5.41, 5.74) is 0.615. The molecule has 0 fully saturated rings. The molecule has 0 spiro atoms. The molecular formula is C14H23NO4S2. The fourth-order valence-electron chi connectivity index (χ4n) is 2.05. The first-order valence-corrected chi connectivity index (χ1v) is 9.50. The van der Waals surface area contributed by atoms with Crippen LogP contribution < -0.4 is 4.74 Å². The van der Waals surface area contributed by atoms with E-state index in [4.69, 9.17) is 9.84 Å². The highest BCUT2D eigenvalue weighted by Gasteiger charge is 2.29. The molecule has 0 saturated carbocycles. The average Bonchev–Trinajstić information content (AvgIpc) is 2.50. The van der Waals surface area contributed by atoms with E-state index in [1.807, 2.05) is 13.2 Å². The molecule has 1 rings (SSSR count). The van der Waals surface area contributed by atoms with Gasteiger partial charge in [0.1, 0.15) is 10.6 Å². The minimum atomic E-state index is -3.63. The van der Waals surface area contributed by atoms with E-state index in [2.05, 4.69) is 0 Å². The average molecular weight is 333 g/mol. The molecule has 1 aromatic rings. The van der Waals surface area contributed by atoms with Gasteiger partial charge in [-0.15, -0.1) is 0 Å². The Hall–Kier alpha value is -0.760. The van der Waals surface area contributed by atoms with Crippen molar-refractivity contribution in [2.75, 3.05) is 26.2 Å². The van der Waals surface area contributed by atoms with Gasteiger partial charge in [-0.3, -0.25) is 0 Å². The number of aliphatic hydroxyl groups excluding tert-OH is 1. The van der Waals surface area contributed by atoms with E-state index in [9.17, 15) is 8.42 Å². The summed E-state index contributed by atoms with van der Waals surface area (Å²) in [5, 5.41) is 9.14. The molecular weight excluding hydrogens is 310 g/mol. The summed E-state index contributed by atoms with van der Waals surface area (Å²) in [6.45, 7) is 1.82. The van der Waals surface area contributed by atoms with Gasteiger partial charge in [0.05, 0.1) is 13.7 Å². The second kappa shape index (κ2) is 8.03. The monoisotopic (exact) mass is 333 g/mol. The molecule has 1 atom stereocenters. The Balaban J connectivity index is 3.23. The number of aliphatic hydroxyl groups is 1. The second-order valence-corrected chi connectivity index (χ2v) is 7.56. The summed E-state index contributed by atoms with van der Waals surface area (Å²) in [7, 11) is -0.605. The largest absolute Gasteiger partial charge is 0.495 e. The van der Waals surface area contributed by atoms with Crippen LogP contribution in [-0.2, 0) is 16.6 Å². The first-order chi connectivity index (χ1) is 9.92. The maximum atomic E-state index is 12.8. The standard InChI is InChI=1S/C14H23NO4S2/c1-5-12(10-20-4)15(2)21(17,18)14-7-6-11(9-16)8-13(14)19-3/h6-8,12,16H,5,9-10H2,1-4H3. The van der Waals surface area contributed by atoms with Crippen molar-refractivity contribution in [3.8, 4) is 5.75 Å². The third-order valence-electron chi connectivity index (χ3n) is 3.41. The molecule has 1 N–H and O–H groups in total. The van der Waals surface area contributed by atoms with Crippen LogP contribution in [0.2, 0.25) is 0 Å². The van der Waals surface area contributed by atoms with E-state index >= 15 is 0 Å². The van der Waals surface area contributed by atoms with Gasteiger partial charge in [0, 0.05) is 18.8 Å². The Morgan fingerprint density at radius 3 is 2.57 bits per heavy atom. The summed E-state index contributed by atoms with van der Waals surface area (Å²) in [6.07, 6.45) is 2.70. The van der Waals surface area contributed by atoms with Crippen LogP contribution in [0.1, 0.15) is 18.9 Å². The summed E-state index contributed by atoms with van der Waals surface area (Å²) in [5.74, 6) is 0.996. The van der Waals surface area contributed by atoms with Crippen LogP contribution in [0.3, 0.4) is 0 Å². The molecule has 0 saturated heterocycles. The van der Waals surface area contributed by atoms with Crippen LogP contribution in [0, 0.1) is 0 Å². The molecule has 0 aliphatic heterocycles. The maximum Gasteiger partial charge on any atom is 0.246 e. The molecule has 1 aromatic carbocycles. The maximum absolute atomic E-state index is 12.8. The van der Waals surface area contributed by atoms with Gasteiger partial charge < -0.3 is 9.84 Å². The SMILES string of the molecule is CCC(CSC)N(C)S(=O)(=O)c1ccc(CO)cc1OC. The van der Waals surface area contributed by atoms with Gasteiger partial charge in [0.25, 0.3) is 0 Å². The highest BCUT2D eigenvalue weighted by molar-refractivity contribution is 7.98. The summed E-state index contributed by atoms with van der Waals surface area (Å²) in [4.78, 5) is 0.129. The second-order valence-electron chi connectivity index (χ2n) is 4.68. The van der Waals surface area contributed by atoms with Gasteiger partial charge >= 0.3 is 0 Å². The molecule has 7 heteroatoms. The zero-order valence-electron chi connectivity index (χ0n) is 12.9. The smallest absolute Gasteiger partial charge is 0.246 e. The minimum absolute atomic E-state index is 0.0628. The van der Waals surface area contributed by atoms with Crippen molar-refractivity contribution in [3.63, 3.8) is 0 Å². The lowest BCUT2D eigenvalue weighted by Gasteiger charge is -2.26. The summed E-state index contributed by atoms with van der Waals surface area (Å²) < 4.78 is 32.1. The molecule has 0 aromatic heterocycles. The van der Waals surface area contributed by atoms with Crippen molar-refractivity contribution in [2.45, 2.75) is 30.9 Å². The van der Waals surface area contributed by atoms with Gasteiger partial charge in [0.15, 0.2) is 0 Å². The molecule has 0 aliphatic carbocycles. The number of benzene rings is 1. The fourth-order valence-corrected chi connectivity index (χ4v) is 4.55. The molecule has 0 radical (unpaired) electrons. The molecule has 120 valence electrons. The number of nitrogens with zero attached hydrogens (tertiary/aromatic N) is 1. The lowest BCUT2D eigenvalue weighted by atomic mass is 10.2. The first kappa shape index (κ1) is 18.3. The molecule has 0 aliphatic rings. The van der Waals surface area contributed by atoms with Crippen LogP contribution in [-0.4, -0.2) is 50.0 Å². The summed E-state index contributed by atoms with van der Waals surface area (Å²) >= 11 is 1.62. The third kappa shape index (κ3) is 4.12. The number of ether oxygens (including phenoxy) is 1. The molecule has 0 bridgehead atoms. The van der Waals surface area contributed by atoms with Crippen molar-refractivity contribution in [2.24, 2.45) is 0 Å². The van der Waals surface area contributed by atoms with Crippen molar-refractivity contribution in [1.82, 2.24) is 4.31 Å². The van der Waals surface area contributed by atoms with E-state index < -0.39 is 10.0 Å². The van der Waals surface area contributed by atoms with E-state index in [-0.39, 0.29) is 23.3 Å². The zero-order valence-corrected chi connectivity index (χ0v) is 14.5. The molecule has 21 heavy (non-hydrogen) atoms. The number of methoxy groups -OCH3 is 1. The Labute approximate surface area is 131 Å². The van der Waals surface area contributed by atoms with Gasteiger partial charge in [0.2, 0.25) is 10.0 Å². The third-order valence-corrected chi connectivity index (χ3v) is 6.08. The Kier molecular flexibility index (Phi) is 6.99. The van der Waals surface area contributed by atoms with Crippen molar-refractivity contribution in [1.29, 1.82) is 0 Å². The van der Waals surface area contributed by atoms with E-state index in [1.165, 1.54) is 17.5 Å². The Morgan fingerprint density at radius 2 is 2.10 bits per heavy atom. The van der Waals surface area contributed by atoms with Gasteiger partial charge in [-0.1, -0.05) is 13.0 Å². The quantitative estimate of drug-likeness (QED) is 0.787. The minimum Gasteiger partial charge on any atom is -0.495 e. The number of sulfonamides is 1. The molecule has 1 unspecified atom stereocenters. The zero-order chi connectivity index (χ0) is 16.0. The molecule has 0 heterocycles. The molecule has 0 amide bonds. The van der Waals surface area contributed by atoms with Crippen LogP contribution in [0.5, 0.6) is 5.75 Å². The van der Waals surface area contributed by atoms with E-state index in [1.54, 1.807) is 30.9 Å². The number of rotatable bonds is 8. The highest BCUT2D eigenvalue weighted by Crippen LogP contribution is 2.29. The van der Waals surface area contributed by atoms with E-state index in [0.717, 1.165) is 12.2 Å². The van der Waals surface area contributed by atoms with Crippen LogP contribution >= 0.6 is 11.8 Å². The van der Waals surface area contributed by atoms with Gasteiger partial charge in [-0.25, -0.2) is 8.42 Å². The van der Waals surface area contributed by atoms with Crippen molar-refractivity contribution in [3.05, 3.63) is 23.8 Å². The Morgan fingerprint density at radius 1 is 1.43 bits per heavy atom. The lowest BCUT2D eigenvalue weighted by Crippen LogP contribution is -2.38. The fraction of sp³-hybridized carbons (Fsp3) is 0.571. The van der Waals surface area contributed by atoms with E-state index in [0.29, 0.717) is 5.56 Å². The first-order valence-electron chi connectivity index (χ1n) is 6.67. The predicted molar refractivity (Wildman–Crippen MR) is 86.3 cm³/mol. The lowest BCUT2D eigenvalue weighted by molar-refractivity contribution is 0.280. The molecule has 5 nitrogen and oxygen atoms in total. The number of hydrogen-bond donors (Lipinski definition) is 1. The highest BCUT2D eigenvalue weighted by atomic mass is 32.2. The summed E-state index contributed by atoms with van der Waals surface area (Å²) in [6, 6.07) is 4.57. The van der Waals surface area contributed by atoms with Crippen LogP contribution in [0.4, 0.5) is 0 Å². The van der Waals surface area contributed by atoms with Crippen molar-refractivity contribution >= 4 is 21.8 Å². The van der Waals surface area contributed by atoms with Gasteiger partial charge in [-0.05, 0) is 30.4 Å². The number of thioether (sulfide) groups is 1. The number of hydrogen-bond acceptors (Lipinski definition) is 5.